The summed E-state index contributed by atoms with van der Waals surface area (Å²) in [4.78, 5) is 42.8. The summed E-state index contributed by atoms with van der Waals surface area (Å²) in [7, 11) is 0. The summed E-state index contributed by atoms with van der Waals surface area (Å²) in [6.07, 6.45) is 5.81. The molecule has 0 bridgehead atoms. The number of thiazole rings is 1. The normalized spacial score (nSPS) is 15.9. The number of carbonyl (C=O) groups is 2. The molecule has 1 saturated heterocycles. The maximum Gasteiger partial charge on any atom is 0.273 e. The van der Waals surface area contributed by atoms with Crippen LogP contribution in [0.5, 0.6) is 0 Å². The number of rotatable bonds is 6. The molecule has 3 aromatic heterocycles. The molecule has 1 fully saturated rings. The molecule has 0 radical (unpaired) electrons. The Morgan fingerprint density at radius 3 is 2.85 bits per heavy atom. The molecule has 2 aliphatic heterocycles. The number of halogens is 1. The number of hydrogen-bond donors (Lipinski definition) is 1. The third-order valence-corrected chi connectivity index (χ3v) is 9.44. The first-order chi connectivity index (χ1) is 19.0. The number of nitrogens with one attached hydrogen (secondary N) is 1. The van der Waals surface area contributed by atoms with Crippen molar-refractivity contribution in [2.75, 3.05) is 25.4 Å². The number of hydrogen-bond acceptors (Lipinski definition) is 6. The highest BCUT2D eigenvalue weighted by Gasteiger charge is 2.30. The number of likely N-dealkylation sites (tertiary alicyclic amines) is 1. The average molecular weight is 562 g/mol. The first-order valence-electron chi connectivity index (χ1n) is 13.0. The number of benzene rings is 1. The number of carbonyl (C=O) groups excluding carboxylic acids is 2. The largest absolute Gasteiger partial charge is 0.358 e. The van der Waals surface area contributed by atoms with Gasteiger partial charge in [0.1, 0.15) is 16.5 Å². The summed E-state index contributed by atoms with van der Waals surface area (Å²) in [6.45, 7) is 6.06. The molecule has 0 aliphatic carbocycles. The molecule has 2 amide bonds. The van der Waals surface area contributed by atoms with Crippen LogP contribution in [0, 0.1) is 5.82 Å². The number of thioether (sulfide) groups is 1. The van der Waals surface area contributed by atoms with E-state index in [1.807, 2.05) is 16.3 Å². The highest BCUT2D eigenvalue weighted by Crippen LogP contribution is 2.33. The van der Waals surface area contributed by atoms with E-state index in [0.717, 1.165) is 45.0 Å². The standard InChI is InChI=1S/C29H28FN5O2S2/c1-2-14-38-27-20(4-3-10-31-27)28(36)34-11-7-18(8-12-34)26-33-25(17-39-26)29(37)35-13-9-24-22(16-35)21-15-19(30)5-6-23(21)32-24/h2-6,10,15,17-18,32H,1,7-9,11-14,16H2. The molecule has 200 valence electrons. The van der Waals surface area contributed by atoms with Gasteiger partial charge in [0, 0.05) is 78.0 Å². The third kappa shape index (κ3) is 5.10. The minimum Gasteiger partial charge on any atom is -0.358 e. The summed E-state index contributed by atoms with van der Waals surface area (Å²) in [6, 6.07) is 8.36. The van der Waals surface area contributed by atoms with Crippen molar-refractivity contribution in [2.45, 2.75) is 36.8 Å². The van der Waals surface area contributed by atoms with E-state index in [9.17, 15) is 14.0 Å². The van der Waals surface area contributed by atoms with Crippen molar-refractivity contribution in [3.63, 3.8) is 0 Å². The molecule has 6 rings (SSSR count). The minimum atomic E-state index is -0.280. The maximum absolute atomic E-state index is 13.9. The lowest BCUT2D eigenvalue weighted by atomic mass is 9.97. The molecule has 0 unspecified atom stereocenters. The van der Waals surface area contributed by atoms with Gasteiger partial charge in [-0.15, -0.1) is 29.7 Å². The summed E-state index contributed by atoms with van der Waals surface area (Å²) in [5, 5.41) is 4.36. The number of pyridine rings is 1. The van der Waals surface area contributed by atoms with Gasteiger partial charge in [0.25, 0.3) is 11.8 Å². The van der Waals surface area contributed by atoms with Crippen LogP contribution in [-0.2, 0) is 13.0 Å². The van der Waals surface area contributed by atoms with Crippen molar-refractivity contribution in [1.82, 2.24) is 24.8 Å². The van der Waals surface area contributed by atoms with Crippen LogP contribution in [0.15, 0.2) is 59.6 Å². The second-order valence-electron chi connectivity index (χ2n) is 9.84. The molecule has 7 nitrogen and oxygen atoms in total. The second-order valence-corrected chi connectivity index (χ2v) is 11.7. The van der Waals surface area contributed by atoms with Gasteiger partial charge < -0.3 is 14.8 Å². The quantitative estimate of drug-likeness (QED) is 0.243. The van der Waals surface area contributed by atoms with Crippen molar-refractivity contribution in [2.24, 2.45) is 0 Å². The topological polar surface area (TPSA) is 82.2 Å². The Hall–Kier alpha value is -3.50. The van der Waals surface area contributed by atoms with E-state index in [-0.39, 0.29) is 23.5 Å². The molecule has 0 atom stereocenters. The molecule has 2 aliphatic rings. The van der Waals surface area contributed by atoms with Crippen LogP contribution in [0.25, 0.3) is 10.9 Å². The Labute approximate surface area is 234 Å². The molecule has 5 heterocycles. The number of amides is 2. The van der Waals surface area contributed by atoms with Crippen LogP contribution >= 0.6 is 23.1 Å². The number of nitrogens with zero attached hydrogens (tertiary/aromatic N) is 4. The number of fused-ring (bicyclic) bond motifs is 3. The Morgan fingerprint density at radius 2 is 2.03 bits per heavy atom. The van der Waals surface area contributed by atoms with E-state index in [2.05, 4.69) is 16.5 Å². The first-order valence-corrected chi connectivity index (χ1v) is 14.9. The fourth-order valence-corrected chi connectivity index (χ4v) is 7.09. The Balaban J connectivity index is 1.10. The predicted octanol–water partition coefficient (Wildman–Crippen LogP) is 5.65. The van der Waals surface area contributed by atoms with Crippen LogP contribution in [0.1, 0.15) is 55.9 Å². The number of H-pyrrole nitrogens is 1. The fourth-order valence-electron chi connectivity index (χ4n) is 5.40. The molecular formula is C29H28FN5O2S2. The SMILES string of the molecule is C=CCSc1ncccc1C(=O)N1CCC(c2nc(C(=O)N3CCc4[nH]c5ccc(F)cc5c4C3)cs2)CC1. The zero-order chi connectivity index (χ0) is 26.9. The number of piperidine rings is 1. The number of aromatic amines is 1. The van der Waals surface area contributed by atoms with Gasteiger partial charge in [-0.05, 0) is 43.2 Å². The first kappa shape index (κ1) is 25.8. The van der Waals surface area contributed by atoms with Crippen molar-refractivity contribution in [3.8, 4) is 0 Å². The van der Waals surface area contributed by atoms with Gasteiger partial charge in [-0.25, -0.2) is 14.4 Å². The molecule has 39 heavy (non-hydrogen) atoms. The molecule has 0 spiro atoms. The Bertz CT molecular complexity index is 1560. The smallest absolute Gasteiger partial charge is 0.273 e. The van der Waals surface area contributed by atoms with Crippen molar-refractivity contribution >= 4 is 45.8 Å². The Morgan fingerprint density at radius 1 is 1.18 bits per heavy atom. The van der Waals surface area contributed by atoms with Crippen LogP contribution in [0.2, 0.25) is 0 Å². The van der Waals surface area contributed by atoms with Crippen LogP contribution in [-0.4, -0.2) is 62.0 Å². The second kappa shape index (κ2) is 10.9. The van der Waals surface area contributed by atoms with E-state index in [0.29, 0.717) is 49.6 Å². The van der Waals surface area contributed by atoms with E-state index in [1.54, 1.807) is 29.3 Å². The summed E-state index contributed by atoms with van der Waals surface area (Å²) >= 11 is 3.03. The molecule has 0 saturated carbocycles. The van der Waals surface area contributed by atoms with Crippen LogP contribution in [0.3, 0.4) is 0 Å². The lowest BCUT2D eigenvalue weighted by Gasteiger charge is -2.31. The Kier molecular flexibility index (Phi) is 7.22. The zero-order valence-corrected chi connectivity index (χ0v) is 23.0. The van der Waals surface area contributed by atoms with Gasteiger partial charge in [0.2, 0.25) is 0 Å². The van der Waals surface area contributed by atoms with E-state index >= 15 is 0 Å². The third-order valence-electron chi connectivity index (χ3n) is 7.44. The molecule has 1 aromatic carbocycles. The van der Waals surface area contributed by atoms with Crippen LogP contribution in [0.4, 0.5) is 4.39 Å². The lowest BCUT2D eigenvalue weighted by Crippen LogP contribution is -2.38. The summed E-state index contributed by atoms with van der Waals surface area (Å²) in [5.74, 6) is 0.543. The van der Waals surface area contributed by atoms with Gasteiger partial charge in [0.15, 0.2) is 0 Å². The fraction of sp³-hybridized carbons (Fsp3) is 0.310. The molecular weight excluding hydrogens is 533 g/mol. The summed E-state index contributed by atoms with van der Waals surface area (Å²) < 4.78 is 13.9. The van der Waals surface area contributed by atoms with E-state index in [1.165, 1.54) is 35.2 Å². The van der Waals surface area contributed by atoms with Gasteiger partial charge >= 0.3 is 0 Å². The van der Waals surface area contributed by atoms with Gasteiger partial charge in [-0.2, -0.15) is 0 Å². The van der Waals surface area contributed by atoms with Crippen molar-refractivity contribution in [1.29, 1.82) is 0 Å². The van der Waals surface area contributed by atoms with Gasteiger partial charge in [-0.1, -0.05) is 6.08 Å². The zero-order valence-electron chi connectivity index (χ0n) is 21.4. The molecule has 1 N–H and O–H groups in total. The van der Waals surface area contributed by atoms with Crippen molar-refractivity contribution < 1.29 is 14.0 Å². The van der Waals surface area contributed by atoms with Gasteiger partial charge in [-0.3, -0.25) is 9.59 Å². The predicted molar refractivity (Wildman–Crippen MR) is 152 cm³/mol. The lowest BCUT2D eigenvalue weighted by molar-refractivity contribution is 0.0708. The molecule has 4 aromatic rings. The summed E-state index contributed by atoms with van der Waals surface area (Å²) in [5.41, 5.74) is 4.04. The van der Waals surface area contributed by atoms with Crippen LogP contribution < -0.4 is 0 Å². The van der Waals surface area contributed by atoms with E-state index in [4.69, 9.17) is 4.98 Å². The maximum atomic E-state index is 13.9. The highest BCUT2D eigenvalue weighted by atomic mass is 32.2. The van der Waals surface area contributed by atoms with E-state index < -0.39 is 0 Å². The average Bonchev–Trinajstić information content (AvgIpc) is 3.60. The minimum absolute atomic E-state index is 0.00440. The van der Waals surface area contributed by atoms with Gasteiger partial charge in [0.05, 0.1) is 10.6 Å². The molecule has 10 heteroatoms. The monoisotopic (exact) mass is 561 g/mol. The van der Waals surface area contributed by atoms with Crippen molar-refractivity contribution in [3.05, 3.63) is 87.9 Å². The highest BCUT2D eigenvalue weighted by molar-refractivity contribution is 7.99. The number of aromatic nitrogens is 3.